The monoisotopic (exact) mass is 367 g/mol. The Kier molecular flexibility index (Phi) is 7.04. The molecule has 1 aromatic heterocycles. The Morgan fingerprint density at radius 1 is 0.926 bits per heavy atom. The third-order valence-corrected chi connectivity index (χ3v) is 4.58. The SMILES string of the molecule is CN(CCCCCn1nnc(-c2ccccc2)n1)CCc1ccc(F)cc1. The van der Waals surface area contributed by atoms with E-state index in [2.05, 4.69) is 27.4 Å². The van der Waals surface area contributed by atoms with Crippen molar-refractivity contribution in [2.45, 2.75) is 32.2 Å². The molecule has 0 fully saturated rings. The van der Waals surface area contributed by atoms with Crippen LogP contribution in [0.2, 0.25) is 0 Å². The van der Waals surface area contributed by atoms with E-state index in [9.17, 15) is 4.39 Å². The summed E-state index contributed by atoms with van der Waals surface area (Å²) in [6, 6.07) is 16.7. The van der Waals surface area contributed by atoms with Crippen molar-refractivity contribution in [3.63, 3.8) is 0 Å². The lowest BCUT2D eigenvalue weighted by molar-refractivity contribution is 0.325. The minimum Gasteiger partial charge on any atom is -0.306 e. The number of hydrogen-bond acceptors (Lipinski definition) is 4. The van der Waals surface area contributed by atoms with Gasteiger partial charge in [0, 0.05) is 12.1 Å². The number of hydrogen-bond donors (Lipinski definition) is 0. The number of aryl methyl sites for hydroxylation is 1. The molecule has 0 aliphatic rings. The van der Waals surface area contributed by atoms with Crippen LogP contribution in [0.4, 0.5) is 4.39 Å². The first-order valence-electron chi connectivity index (χ1n) is 9.47. The Morgan fingerprint density at radius 3 is 2.48 bits per heavy atom. The van der Waals surface area contributed by atoms with Crippen LogP contribution in [0, 0.1) is 5.82 Å². The minimum atomic E-state index is -0.176. The van der Waals surface area contributed by atoms with Crippen molar-refractivity contribution in [1.29, 1.82) is 0 Å². The van der Waals surface area contributed by atoms with Gasteiger partial charge in [-0.1, -0.05) is 48.9 Å². The zero-order valence-electron chi connectivity index (χ0n) is 15.8. The summed E-state index contributed by atoms with van der Waals surface area (Å²) in [5.74, 6) is 0.501. The van der Waals surface area contributed by atoms with Gasteiger partial charge in [-0.05, 0) is 55.8 Å². The van der Waals surface area contributed by atoms with Crippen LogP contribution in [0.3, 0.4) is 0 Å². The van der Waals surface area contributed by atoms with Gasteiger partial charge in [-0.15, -0.1) is 10.2 Å². The van der Waals surface area contributed by atoms with Gasteiger partial charge in [0.25, 0.3) is 0 Å². The summed E-state index contributed by atoms with van der Waals surface area (Å²) >= 11 is 0. The third-order valence-electron chi connectivity index (χ3n) is 4.58. The highest BCUT2D eigenvalue weighted by molar-refractivity contribution is 5.52. The highest BCUT2D eigenvalue weighted by Gasteiger charge is 2.05. The Balaban J connectivity index is 1.30. The summed E-state index contributed by atoms with van der Waals surface area (Å²) in [5, 5.41) is 12.7. The molecule has 27 heavy (non-hydrogen) atoms. The van der Waals surface area contributed by atoms with Crippen molar-refractivity contribution in [2.75, 3.05) is 20.1 Å². The van der Waals surface area contributed by atoms with Crippen LogP contribution in [0.1, 0.15) is 24.8 Å². The van der Waals surface area contributed by atoms with E-state index < -0.39 is 0 Å². The molecule has 0 N–H and O–H groups in total. The van der Waals surface area contributed by atoms with Gasteiger partial charge in [-0.25, -0.2) is 4.39 Å². The zero-order valence-corrected chi connectivity index (χ0v) is 15.8. The van der Waals surface area contributed by atoms with Crippen LogP contribution in [-0.2, 0) is 13.0 Å². The average Bonchev–Trinajstić information content (AvgIpc) is 3.17. The fourth-order valence-corrected chi connectivity index (χ4v) is 2.94. The first-order chi connectivity index (χ1) is 13.2. The van der Waals surface area contributed by atoms with Gasteiger partial charge in [-0.2, -0.15) is 4.80 Å². The first kappa shape index (κ1) is 19.2. The molecule has 0 saturated carbocycles. The predicted molar refractivity (Wildman–Crippen MR) is 105 cm³/mol. The lowest BCUT2D eigenvalue weighted by atomic mass is 10.1. The van der Waals surface area contributed by atoms with E-state index >= 15 is 0 Å². The van der Waals surface area contributed by atoms with Crippen molar-refractivity contribution in [3.8, 4) is 11.4 Å². The number of benzene rings is 2. The second-order valence-corrected chi connectivity index (χ2v) is 6.82. The van der Waals surface area contributed by atoms with Gasteiger partial charge in [-0.3, -0.25) is 0 Å². The summed E-state index contributed by atoms with van der Waals surface area (Å²) in [5.41, 5.74) is 2.17. The lowest BCUT2D eigenvalue weighted by Gasteiger charge is -2.16. The average molecular weight is 367 g/mol. The minimum absolute atomic E-state index is 0.176. The van der Waals surface area contributed by atoms with Crippen LogP contribution < -0.4 is 0 Å². The molecule has 2 aromatic carbocycles. The highest BCUT2D eigenvalue weighted by Crippen LogP contribution is 2.12. The molecule has 5 nitrogen and oxygen atoms in total. The number of likely N-dealkylation sites (N-methyl/N-ethyl adjacent to an activating group) is 1. The topological polar surface area (TPSA) is 46.8 Å². The fourth-order valence-electron chi connectivity index (χ4n) is 2.94. The van der Waals surface area contributed by atoms with Gasteiger partial charge in [0.2, 0.25) is 5.82 Å². The molecular weight excluding hydrogens is 341 g/mol. The van der Waals surface area contributed by atoms with Crippen molar-refractivity contribution >= 4 is 0 Å². The fraction of sp³-hybridized carbons (Fsp3) is 0.381. The maximum Gasteiger partial charge on any atom is 0.204 e. The normalized spacial score (nSPS) is 11.2. The number of unbranched alkanes of at least 4 members (excludes halogenated alkanes) is 2. The van der Waals surface area contributed by atoms with Crippen LogP contribution in [-0.4, -0.2) is 45.2 Å². The molecule has 0 amide bonds. The zero-order chi connectivity index (χ0) is 18.9. The van der Waals surface area contributed by atoms with Crippen molar-refractivity contribution < 1.29 is 4.39 Å². The molecule has 0 radical (unpaired) electrons. The Bertz CT molecular complexity index is 801. The number of halogens is 1. The van der Waals surface area contributed by atoms with Gasteiger partial charge >= 0.3 is 0 Å². The van der Waals surface area contributed by atoms with E-state index in [0.717, 1.165) is 50.9 Å². The lowest BCUT2D eigenvalue weighted by Crippen LogP contribution is -2.22. The highest BCUT2D eigenvalue weighted by atomic mass is 19.1. The van der Waals surface area contributed by atoms with E-state index in [4.69, 9.17) is 0 Å². The standard InChI is InChI=1S/C21H26FN5/c1-26(17-14-18-10-12-20(22)13-11-18)15-6-3-7-16-27-24-21(23-25-27)19-8-4-2-5-9-19/h2,4-5,8-13H,3,6-7,14-17H2,1H3. The maximum atomic E-state index is 12.9. The Morgan fingerprint density at radius 2 is 1.70 bits per heavy atom. The van der Waals surface area contributed by atoms with Crippen molar-refractivity contribution in [1.82, 2.24) is 25.1 Å². The molecule has 0 spiro atoms. The van der Waals surface area contributed by atoms with Crippen LogP contribution >= 0.6 is 0 Å². The van der Waals surface area contributed by atoms with Crippen LogP contribution in [0.25, 0.3) is 11.4 Å². The molecule has 3 aromatic rings. The molecule has 0 saturated heterocycles. The summed E-state index contributed by atoms with van der Waals surface area (Å²) in [6.07, 6.45) is 4.25. The van der Waals surface area contributed by atoms with Crippen LogP contribution in [0.15, 0.2) is 54.6 Å². The molecule has 0 aliphatic heterocycles. The van der Waals surface area contributed by atoms with Crippen molar-refractivity contribution in [3.05, 3.63) is 66.0 Å². The second-order valence-electron chi connectivity index (χ2n) is 6.82. The summed E-state index contributed by atoms with van der Waals surface area (Å²) in [4.78, 5) is 4.01. The molecule has 0 aliphatic carbocycles. The molecule has 0 bridgehead atoms. The molecule has 142 valence electrons. The Labute approximate surface area is 159 Å². The van der Waals surface area contributed by atoms with Gasteiger partial charge < -0.3 is 4.90 Å². The summed E-state index contributed by atoms with van der Waals surface area (Å²) in [6.45, 7) is 2.83. The molecular formula is C21H26FN5. The van der Waals surface area contributed by atoms with Crippen molar-refractivity contribution in [2.24, 2.45) is 0 Å². The van der Waals surface area contributed by atoms with Gasteiger partial charge in [0.1, 0.15) is 5.82 Å². The third kappa shape index (κ3) is 6.25. The second kappa shape index (κ2) is 9.92. The first-order valence-corrected chi connectivity index (χ1v) is 9.47. The van der Waals surface area contributed by atoms with E-state index in [1.807, 2.05) is 42.5 Å². The summed E-state index contributed by atoms with van der Waals surface area (Å²) < 4.78 is 12.9. The number of rotatable bonds is 10. The molecule has 0 atom stereocenters. The predicted octanol–water partition coefficient (Wildman–Crippen LogP) is 3.82. The Hall–Kier alpha value is -2.60. The van der Waals surface area contributed by atoms with Gasteiger partial charge in [0.15, 0.2) is 0 Å². The van der Waals surface area contributed by atoms with E-state index in [-0.39, 0.29) is 5.82 Å². The molecule has 1 heterocycles. The molecule has 3 rings (SSSR count). The quantitative estimate of drug-likeness (QED) is 0.511. The van der Waals surface area contributed by atoms with E-state index in [1.165, 1.54) is 17.7 Å². The smallest absolute Gasteiger partial charge is 0.204 e. The molecule has 6 heteroatoms. The van der Waals surface area contributed by atoms with E-state index in [0.29, 0.717) is 5.82 Å². The van der Waals surface area contributed by atoms with Crippen LogP contribution in [0.5, 0.6) is 0 Å². The van der Waals surface area contributed by atoms with Gasteiger partial charge in [0.05, 0.1) is 6.54 Å². The number of nitrogens with zero attached hydrogens (tertiary/aromatic N) is 5. The number of aromatic nitrogens is 4. The summed E-state index contributed by atoms with van der Waals surface area (Å²) in [7, 11) is 2.13. The molecule has 0 unspecified atom stereocenters. The number of tetrazole rings is 1. The van der Waals surface area contributed by atoms with E-state index in [1.54, 1.807) is 4.80 Å². The largest absolute Gasteiger partial charge is 0.306 e. The maximum absolute atomic E-state index is 12.9.